The molecule has 0 unspecified atom stereocenters. The number of hydrogen-bond donors (Lipinski definition) is 2. The highest BCUT2D eigenvalue weighted by molar-refractivity contribution is 6.32. The van der Waals surface area contributed by atoms with Gasteiger partial charge >= 0.3 is 5.95 Å². The lowest BCUT2D eigenvalue weighted by atomic mass is 10.0. The number of hydrogen-bond acceptors (Lipinski definition) is 7. The lowest BCUT2D eigenvalue weighted by Gasteiger charge is -2.23. The molecular formula is C26H30Cl2N4O4. The first kappa shape index (κ1) is 27.4. The van der Waals surface area contributed by atoms with Crippen LogP contribution in [0.5, 0.6) is 0 Å². The minimum absolute atomic E-state index is 0. The number of ether oxygens (including phenoxy) is 3. The van der Waals surface area contributed by atoms with Gasteiger partial charge in [-0.15, -0.1) is 12.4 Å². The van der Waals surface area contributed by atoms with Crippen molar-refractivity contribution in [2.45, 2.75) is 25.8 Å². The second kappa shape index (κ2) is 14.4. The first-order valence-electron chi connectivity index (χ1n) is 11.6. The molecule has 0 amide bonds. The second-order valence-corrected chi connectivity index (χ2v) is 8.53. The van der Waals surface area contributed by atoms with E-state index in [0.717, 1.165) is 37.9 Å². The van der Waals surface area contributed by atoms with Crippen molar-refractivity contribution in [1.29, 1.82) is 0 Å². The summed E-state index contributed by atoms with van der Waals surface area (Å²) in [5, 5.41) is 9.48. The highest BCUT2D eigenvalue weighted by Crippen LogP contribution is 2.25. The molecule has 0 atom stereocenters. The molecule has 4 rings (SSSR count). The lowest BCUT2D eigenvalue weighted by Crippen LogP contribution is -2.30. The van der Waals surface area contributed by atoms with Gasteiger partial charge in [-0.1, -0.05) is 60.2 Å². The van der Waals surface area contributed by atoms with Crippen LogP contribution in [0.3, 0.4) is 0 Å². The number of anilines is 1. The molecule has 0 bridgehead atoms. The summed E-state index contributed by atoms with van der Waals surface area (Å²) in [6, 6.07) is 10.3. The average molecular weight is 533 g/mol. The molecule has 1 aliphatic carbocycles. The Bertz CT molecular complexity index is 1160. The zero-order valence-corrected chi connectivity index (χ0v) is 21.4. The first-order chi connectivity index (χ1) is 17.2. The molecule has 2 aromatic rings. The minimum atomic E-state index is -0.330. The summed E-state index contributed by atoms with van der Waals surface area (Å²) in [5.41, 5.74) is 2.34. The van der Waals surface area contributed by atoms with Gasteiger partial charge in [-0.2, -0.15) is 5.10 Å². The fraction of sp³-hybridized carbons (Fsp3) is 0.308. The third-order valence-corrected chi connectivity index (χ3v) is 5.84. The molecule has 1 aliphatic heterocycles. The van der Waals surface area contributed by atoms with E-state index in [0.29, 0.717) is 42.1 Å². The molecule has 192 valence electrons. The smallest absolute Gasteiger partial charge is 0.321 e. The SMILES string of the molecule is Cl.O=c1[nH]ncc(Cl)c1NCCCN(CCOC1=COC(C2=CC=CCC2)=CO1)Cc1ccccc1. The van der Waals surface area contributed by atoms with Crippen molar-refractivity contribution in [1.82, 2.24) is 15.1 Å². The molecule has 0 fully saturated rings. The van der Waals surface area contributed by atoms with Gasteiger partial charge in [-0.25, -0.2) is 5.10 Å². The number of aromatic amines is 1. The Morgan fingerprint density at radius 1 is 1.17 bits per heavy atom. The largest absolute Gasteiger partial charge is 0.462 e. The van der Waals surface area contributed by atoms with Crippen molar-refractivity contribution < 1.29 is 14.2 Å². The Morgan fingerprint density at radius 2 is 2.03 bits per heavy atom. The van der Waals surface area contributed by atoms with Crippen LogP contribution in [0, 0.1) is 0 Å². The highest BCUT2D eigenvalue weighted by atomic mass is 35.5. The van der Waals surface area contributed by atoms with Crippen LogP contribution >= 0.6 is 24.0 Å². The van der Waals surface area contributed by atoms with Gasteiger partial charge in [0.2, 0.25) is 0 Å². The van der Waals surface area contributed by atoms with Crippen LogP contribution in [0.15, 0.2) is 89.4 Å². The van der Waals surface area contributed by atoms with Crippen LogP contribution in [-0.2, 0) is 20.8 Å². The topological polar surface area (TPSA) is 88.7 Å². The Kier molecular flexibility index (Phi) is 10.9. The number of nitrogens with one attached hydrogen (secondary N) is 2. The minimum Gasteiger partial charge on any atom is -0.462 e. The molecule has 10 heteroatoms. The van der Waals surface area contributed by atoms with Crippen molar-refractivity contribution in [3.05, 3.63) is 105 Å². The summed E-state index contributed by atoms with van der Waals surface area (Å²) < 4.78 is 17.1. The standard InChI is InChI=1S/C26H29ClN4O4.ClH/c27-22-16-29-30-26(32)25(22)28-12-7-13-31(17-20-8-3-1-4-9-20)14-15-33-24-19-34-23(18-35-24)21-10-5-2-6-11-21;/h1-5,8-10,16,18-19H,6-7,11-15,17H2,(H,28,29)(H,30,32);1H. The van der Waals surface area contributed by atoms with Crippen molar-refractivity contribution in [2.75, 3.05) is 31.6 Å². The maximum absolute atomic E-state index is 11.9. The van der Waals surface area contributed by atoms with Gasteiger partial charge in [0.15, 0.2) is 12.0 Å². The number of halogens is 2. The number of nitrogens with zero attached hydrogens (tertiary/aromatic N) is 2. The monoisotopic (exact) mass is 532 g/mol. The van der Waals surface area contributed by atoms with E-state index < -0.39 is 0 Å². The molecule has 8 nitrogen and oxygen atoms in total. The first-order valence-corrected chi connectivity index (χ1v) is 12.0. The van der Waals surface area contributed by atoms with Crippen molar-refractivity contribution >= 4 is 29.7 Å². The van der Waals surface area contributed by atoms with E-state index in [1.54, 1.807) is 6.26 Å². The van der Waals surface area contributed by atoms with Crippen molar-refractivity contribution in [3.8, 4) is 0 Å². The van der Waals surface area contributed by atoms with E-state index in [1.807, 2.05) is 30.4 Å². The number of H-pyrrole nitrogens is 1. The molecule has 1 aromatic heterocycles. The molecule has 2 aliphatic rings. The molecule has 36 heavy (non-hydrogen) atoms. The van der Waals surface area contributed by atoms with E-state index in [4.69, 9.17) is 25.8 Å². The summed E-state index contributed by atoms with van der Waals surface area (Å²) >= 11 is 6.06. The number of aromatic nitrogens is 2. The maximum Gasteiger partial charge on any atom is 0.321 e. The molecule has 1 aromatic carbocycles. The molecule has 0 spiro atoms. The van der Waals surface area contributed by atoms with Gasteiger partial charge in [0.05, 0.1) is 11.2 Å². The van der Waals surface area contributed by atoms with Crippen LogP contribution in [0.25, 0.3) is 0 Å². The number of rotatable bonds is 12. The predicted octanol–water partition coefficient (Wildman–Crippen LogP) is 5.13. The predicted molar refractivity (Wildman–Crippen MR) is 143 cm³/mol. The normalized spacial score (nSPS) is 14.6. The Balaban J connectivity index is 0.00000361. The van der Waals surface area contributed by atoms with E-state index in [1.165, 1.54) is 18.0 Å². The van der Waals surface area contributed by atoms with Crippen molar-refractivity contribution in [3.63, 3.8) is 0 Å². The quantitative estimate of drug-likeness (QED) is 0.366. The fourth-order valence-electron chi connectivity index (χ4n) is 3.75. The summed E-state index contributed by atoms with van der Waals surface area (Å²) in [7, 11) is 0. The summed E-state index contributed by atoms with van der Waals surface area (Å²) in [4.78, 5) is 14.2. The van der Waals surface area contributed by atoms with E-state index in [9.17, 15) is 4.79 Å². The molecular weight excluding hydrogens is 503 g/mol. The summed E-state index contributed by atoms with van der Waals surface area (Å²) in [6.45, 7) is 3.31. The maximum atomic E-state index is 11.9. The highest BCUT2D eigenvalue weighted by Gasteiger charge is 2.15. The van der Waals surface area contributed by atoms with Gasteiger partial charge in [0.25, 0.3) is 5.56 Å². The summed E-state index contributed by atoms with van der Waals surface area (Å²) in [5.74, 6) is 1.06. The zero-order chi connectivity index (χ0) is 24.3. The van der Waals surface area contributed by atoms with Gasteiger partial charge < -0.3 is 19.5 Å². The van der Waals surface area contributed by atoms with Gasteiger partial charge in [-0.3, -0.25) is 9.69 Å². The van der Waals surface area contributed by atoms with E-state index >= 15 is 0 Å². The average Bonchev–Trinajstić information content (AvgIpc) is 2.89. The molecule has 0 radical (unpaired) electrons. The van der Waals surface area contributed by atoms with Crippen LogP contribution in [0.4, 0.5) is 5.69 Å². The third kappa shape index (κ3) is 8.19. The number of benzene rings is 1. The molecule has 2 N–H and O–H groups in total. The second-order valence-electron chi connectivity index (χ2n) is 8.13. The molecule has 0 saturated carbocycles. The van der Waals surface area contributed by atoms with Crippen LogP contribution in [0.1, 0.15) is 24.8 Å². The third-order valence-electron chi connectivity index (χ3n) is 5.56. The van der Waals surface area contributed by atoms with Gasteiger partial charge in [0.1, 0.15) is 18.6 Å². The Hall–Kier alpha value is -3.20. The lowest BCUT2D eigenvalue weighted by molar-refractivity contribution is 0.0407. The van der Waals surface area contributed by atoms with Crippen LogP contribution in [-0.4, -0.2) is 41.3 Å². The number of allylic oxidation sites excluding steroid dienone is 4. The van der Waals surface area contributed by atoms with E-state index in [-0.39, 0.29) is 18.0 Å². The van der Waals surface area contributed by atoms with Crippen LogP contribution in [0.2, 0.25) is 5.02 Å². The molecule has 0 saturated heterocycles. The van der Waals surface area contributed by atoms with E-state index in [2.05, 4.69) is 38.6 Å². The summed E-state index contributed by atoms with van der Waals surface area (Å²) in [6.07, 6.45) is 13.4. The Morgan fingerprint density at radius 3 is 2.75 bits per heavy atom. The molecule has 2 heterocycles. The van der Waals surface area contributed by atoms with Gasteiger partial charge in [-0.05, 0) is 30.4 Å². The zero-order valence-electron chi connectivity index (χ0n) is 19.8. The van der Waals surface area contributed by atoms with Crippen LogP contribution < -0.4 is 10.9 Å². The van der Waals surface area contributed by atoms with Crippen molar-refractivity contribution in [2.24, 2.45) is 0 Å². The fourth-order valence-corrected chi connectivity index (χ4v) is 3.95. The Labute approximate surface area is 221 Å². The van der Waals surface area contributed by atoms with Gasteiger partial charge in [0, 0.05) is 26.2 Å².